The molecule has 0 unspecified atom stereocenters. The van der Waals surface area contributed by atoms with Crippen molar-refractivity contribution in [1.29, 1.82) is 0 Å². The fourth-order valence-electron chi connectivity index (χ4n) is 0.889. The van der Waals surface area contributed by atoms with Crippen LogP contribution in [0.4, 0.5) is 4.39 Å². The van der Waals surface area contributed by atoms with Crippen LogP contribution in [0, 0.1) is 0 Å². The van der Waals surface area contributed by atoms with Crippen LogP contribution < -0.4 is 0 Å². The monoisotopic (exact) mass is 183 g/mol. The Kier molecular flexibility index (Phi) is 2.32. The maximum absolute atomic E-state index is 13.3. The molecule has 1 aromatic rings. The number of aromatic nitrogens is 1. The van der Waals surface area contributed by atoms with Crippen molar-refractivity contribution in [1.82, 2.24) is 4.98 Å². The molecule has 0 saturated heterocycles. The van der Waals surface area contributed by atoms with Crippen LogP contribution in [0.1, 0.15) is 29.9 Å². The van der Waals surface area contributed by atoms with Gasteiger partial charge >= 0.3 is 5.97 Å². The minimum atomic E-state index is -1.61. The van der Waals surface area contributed by atoms with Crippen molar-refractivity contribution in [2.75, 3.05) is 0 Å². The lowest BCUT2D eigenvalue weighted by Crippen LogP contribution is -2.12. The highest BCUT2D eigenvalue weighted by molar-refractivity contribution is 5.87. The zero-order chi connectivity index (χ0) is 10.1. The molecule has 0 bridgehead atoms. The molecule has 0 radical (unpaired) electrons. The van der Waals surface area contributed by atoms with Gasteiger partial charge in [0.2, 0.25) is 0 Å². The summed E-state index contributed by atoms with van der Waals surface area (Å²) in [5.74, 6) is -1.08. The average molecular weight is 183 g/mol. The Morgan fingerprint density at radius 1 is 1.62 bits per heavy atom. The van der Waals surface area contributed by atoms with Crippen molar-refractivity contribution >= 4 is 5.97 Å². The number of halogens is 1. The molecule has 3 nitrogen and oxygen atoms in total. The molecule has 1 rings (SSSR count). The highest BCUT2D eigenvalue weighted by Gasteiger charge is 2.21. The summed E-state index contributed by atoms with van der Waals surface area (Å²) in [6.07, 6.45) is 1.29. The molecule has 0 atom stereocenters. The molecule has 0 saturated carbocycles. The molecule has 0 aliphatic rings. The van der Waals surface area contributed by atoms with Crippen LogP contribution in [0.15, 0.2) is 18.3 Å². The number of aromatic carboxylic acids is 1. The minimum Gasteiger partial charge on any atom is -0.478 e. The Balaban J connectivity index is 3.13. The SMILES string of the molecule is CC(C)(F)c1cc(C(=O)O)ccn1. The van der Waals surface area contributed by atoms with Crippen LogP contribution in [-0.2, 0) is 5.67 Å². The molecular weight excluding hydrogens is 173 g/mol. The van der Waals surface area contributed by atoms with E-state index in [0.29, 0.717) is 0 Å². The molecule has 0 aliphatic heterocycles. The number of nitrogens with zero attached hydrogens (tertiary/aromatic N) is 1. The molecule has 1 N–H and O–H groups in total. The van der Waals surface area contributed by atoms with Gasteiger partial charge in [-0.05, 0) is 26.0 Å². The summed E-state index contributed by atoms with van der Waals surface area (Å²) in [5, 5.41) is 8.62. The first-order chi connectivity index (χ1) is 5.91. The molecule has 0 spiro atoms. The van der Waals surface area contributed by atoms with Gasteiger partial charge in [0.1, 0.15) is 5.67 Å². The van der Waals surface area contributed by atoms with E-state index in [2.05, 4.69) is 4.98 Å². The topological polar surface area (TPSA) is 50.2 Å². The molecule has 70 valence electrons. The van der Waals surface area contributed by atoms with Gasteiger partial charge in [-0.2, -0.15) is 0 Å². The predicted molar refractivity (Wildman–Crippen MR) is 45.3 cm³/mol. The van der Waals surface area contributed by atoms with Crippen LogP contribution in [-0.4, -0.2) is 16.1 Å². The lowest BCUT2D eigenvalue weighted by atomic mass is 10.0. The minimum absolute atomic E-state index is 0.0516. The first-order valence-electron chi connectivity index (χ1n) is 3.80. The molecule has 1 heterocycles. The van der Waals surface area contributed by atoms with Crippen LogP contribution >= 0.6 is 0 Å². The summed E-state index contributed by atoms with van der Waals surface area (Å²) in [4.78, 5) is 14.3. The van der Waals surface area contributed by atoms with Crippen molar-refractivity contribution in [3.63, 3.8) is 0 Å². The van der Waals surface area contributed by atoms with E-state index >= 15 is 0 Å². The van der Waals surface area contributed by atoms with Crippen molar-refractivity contribution < 1.29 is 14.3 Å². The Bertz CT molecular complexity index is 331. The molecule has 0 aliphatic carbocycles. The second kappa shape index (κ2) is 3.12. The fraction of sp³-hybridized carbons (Fsp3) is 0.333. The Hall–Kier alpha value is -1.45. The van der Waals surface area contributed by atoms with Gasteiger partial charge in [-0.15, -0.1) is 0 Å². The second-order valence-electron chi connectivity index (χ2n) is 3.21. The molecular formula is C9H10FNO2. The summed E-state index contributed by atoms with van der Waals surface area (Å²) >= 11 is 0. The van der Waals surface area contributed by atoms with E-state index in [0.717, 1.165) is 0 Å². The Morgan fingerprint density at radius 3 is 2.69 bits per heavy atom. The van der Waals surface area contributed by atoms with E-state index in [4.69, 9.17) is 5.11 Å². The third kappa shape index (κ3) is 2.24. The molecule has 4 heteroatoms. The summed E-state index contributed by atoms with van der Waals surface area (Å²) in [6.45, 7) is 2.67. The number of hydrogen-bond acceptors (Lipinski definition) is 2. The van der Waals surface area contributed by atoms with E-state index in [1.807, 2.05) is 0 Å². The van der Waals surface area contributed by atoms with Crippen LogP contribution in [0.2, 0.25) is 0 Å². The number of carboxylic acids is 1. The van der Waals surface area contributed by atoms with Crippen LogP contribution in [0.3, 0.4) is 0 Å². The summed E-state index contributed by atoms with van der Waals surface area (Å²) in [5.41, 5.74) is -1.42. The zero-order valence-electron chi connectivity index (χ0n) is 7.41. The third-order valence-electron chi connectivity index (χ3n) is 1.62. The van der Waals surface area contributed by atoms with Crippen molar-refractivity contribution in [2.24, 2.45) is 0 Å². The normalized spacial score (nSPS) is 11.3. The van der Waals surface area contributed by atoms with E-state index in [1.54, 1.807) is 0 Å². The van der Waals surface area contributed by atoms with Gasteiger partial charge in [0, 0.05) is 6.20 Å². The van der Waals surface area contributed by atoms with Gasteiger partial charge in [-0.3, -0.25) is 4.98 Å². The van der Waals surface area contributed by atoms with Crippen LogP contribution in [0.25, 0.3) is 0 Å². The maximum Gasteiger partial charge on any atom is 0.335 e. The number of carbonyl (C=O) groups is 1. The maximum atomic E-state index is 13.3. The summed E-state index contributed by atoms with van der Waals surface area (Å²) in [6, 6.07) is 2.57. The number of hydrogen-bond donors (Lipinski definition) is 1. The first-order valence-corrected chi connectivity index (χ1v) is 3.80. The largest absolute Gasteiger partial charge is 0.478 e. The lowest BCUT2D eigenvalue weighted by molar-refractivity contribution is 0.0696. The molecule has 0 fully saturated rings. The van der Waals surface area contributed by atoms with Gasteiger partial charge in [0.25, 0.3) is 0 Å². The quantitative estimate of drug-likeness (QED) is 0.762. The highest BCUT2D eigenvalue weighted by Crippen LogP contribution is 2.22. The summed E-state index contributed by atoms with van der Waals surface area (Å²) in [7, 11) is 0. The molecule has 0 aromatic carbocycles. The van der Waals surface area contributed by atoms with Gasteiger partial charge in [-0.25, -0.2) is 9.18 Å². The van der Waals surface area contributed by atoms with E-state index in [-0.39, 0.29) is 11.3 Å². The van der Waals surface area contributed by atoms with E-state index in [1.165, 1.54) is 32.2 Å². The molecule has 0 amide bonds. The van der Waals surface area contributed by atoms with Crippen LogP contribution in [0.5, 0.6) is 0 Å². The van der Waals surface area contributed by atoms with Gasteiger partial charge in [0.05, 0.1) is 11.3 Å². The highest BCUT2D eigenvalue weighted by atomic mass is 19.1. The zero-order valence-corrected chi connectivity index (χ0v) is 7.41. The van der Waals surface area contributed by atoms with Gasteiger partial charge < -0.3 is 5.11 Å². The van der Waals surface area contributed by atoms with Crippen molar-refractivity contribution in [3.8, 4) is 0 Å². The fourth-order valence-corrected chi connectivity index (χ4v) is 0.889. The number of carboxylic acid groups (broad SMARTS) is 1. The number of rotatable bonds is 2. The number of alkyl halides is 1. The van der Waals surface area contributed by atoms with Gasteiger partial charge in [-0.1, -0.05) is 0 Å². The average Bonchev–Trinajstić information content (AvgIpc) is 2.03. The van der Waals surface area contributed by atoms with Crippen molar-refractivity contribution in [3.05, 3.63) is 29.6 Å². The smallest absolute Gasteiger partial charge is 0.335 e. The predicted octanol–water partition coefficient (Wildman–Crippen LogP) is 1.98. The van der Waals surface area contributed by atoms with E-state index < -0.39 is 11.6 Å². The number of pyridine rings is 1. The molecule has 1 aromatic heterocycles. The van der Waals surface area contributed by atoms with Crippen molar-refractivity contribution in [2.45, 2.75) is 19.5 Å². The second-order valence-corrected chi connectivity index (χ2v) is 3.21. The van der Waals surface area contributed by atoms with Gasteiger partial charge in [0.15, 0.2) is 0 Å². The lowest BCUT2D eigenvalue weighted by Gasteiger charge is -2.12. The standard InChI is InChI=1S/C9H10FNO2/c1-9(2,10)7-5-6(8(12)13)3-4-11-7/h3-5H,1-2H3,(H,12,13). The summed E-state index contributed by atoms with van der Waals surface area (Å²) < 4.78 is 13.3. The molecule has 13 heavy (non-hydrogen) atoms. The third-order valence-corrected chi connectivity index (χ3v) is 1.62. The Morgan fingerprint density at radius 2 is 2.23 bits per heavy atom. The van der Waals surface area contributed by atoms with E-state index in [9.17, 15) is 9.18 Å². The Labute approximate surface area is 75.2 Å². The first kappa shape index (κ1) is 9.64.